The molecular weight excluding hydrogens is 296 g/mol. The molecule has 0 amide bonds. The highest BCUT2D eigenvalue weighted by Gasteiger charge is 2.73. The molecule has 130 valence electrons. The highest BCUT2D eigenvalue weighted by Crippen LogP contribution is 2.78. The lowest BCUT2D eigenvalue weighted by Gasteiger charge is -2.59. The zero-order chi connectivity index (χ0) is 16.7. The van der Waals surface area contributed by atoms with Crippen LogP contribution in [0.2, 0.25) is 0 Å². The van der Waals surface area contributed by atoms with E-state index >= 15 is 0 Å². The van der Waals surface area contributed by atoms with Gasteiger partial charge in [-0.3, -0.25) is 0 Å². The van der Waals surface area contributed by atoms with Gasteiger partial charge in [-0.25, -0.2) is 0 Å². The minimum atomic E-state index is -0.100. The predicted octanol–water partition coefficient (Wildman–Crippen LogP) is 4.69. The van der Waals surface area contributed by atoms with Gasteiger partial charge in [0.2, 0.25) is 0 Å². The largest absolute Gasteiger partial charge is 0.497 e. The van der Waals surface area contributed by atoms with Gasteiger partial charge in [0.05, 0.1) is 13.2 Å². The molecule has 2 heteroatoms. The van der Waals surface area contributed by atoms with Gasteiger partial charge in [0.1, 0.15) is 5.75 Å². The van der Waals surface area contributed by atoms with Crippen LogP contribution in [0.5, 0.6) is 5.75 Å². The second kappa shape index (κ2) is 4.58. The van der Waals surface area contributed by atoms with Gasteiger partial charge in [0, 0.05) is 0 Å². The topological polar surface area (TPSA) is 29.5 Å². The van der Waals surface area contributed by atoms with Crippen LogP contribution in [0, 0.1) is 22.2 Å². The summed E-state index contributed by atoms with van der Waals surface area (Å²) in [5, 5.41) is 11.2. The summed E-state index contributed by atoms with van der Waals surface area (Å²) in [4.78, 5) is 0. The van der Waals surface area contributed by atoms with Crippen molar-refractivity contribution in [1.29, 1.82) is 0 Å². The van der Waals surface area contributed by atoms with Crippen LogP contribution in [0.1, 0.15) is 69.4 Å². The molecule has 5 rings (SSSR count). The number of methoxy groups -OCH3 is 1. The first-order valence-corrected chi connectivity index (χ1v) is 9.78. The summed E-state index contributed by atoms with van der Waals surface area (Å²) >= 11 is 0. The fourth-order valence-corrected chi connectivity index (χ4v) is 7.78. The molecule has 0 aromatic heterocycles. The lowest BCUT2D eigenvalue weighted by molar-refractivity contribution is -0.128. The Labute approximate surface area is 145 Å². The molecule has 1 aromatic rings. The summed E-state index contributed by atoms with van der Waals surface area (Å²) in [5.41, 5.74) is 3.78. The molecule has 4 aliphatic rings. The maximum absolute atomic E-state index is 11.2. The van der Waals surface area contributed by atoms with Crippen LogP contribution in [0.3, 0.4) is 0 Å². The van der Waals surface area contributed by atoms with E-state index in [4.69, 9.17) is 4.74 Å². The van der Waals surface area contributed by atoms with E-state index in [1.54, 1.807) is 12.7 Å². The molecule has 1 spiro atoms. The maximum Gasteiger partial charge on any atom is 0.119 e. The van der Waals surface area contributed by atoms with E-state index in [0.717, 1.165) is 11.7 Å². The third-order valence-electron chi connectivity index (χ3n) is 8.91. The highest BCUT2D eigenvalue weighted by molar-refractivity contribution is 5.42. The number of aliphatic hydroxyl groups is 1. The Balaban J connectivity index is 1.59. The normalized spacial score (nSPS) is 48.6. The van der Waals surface area contributed by atoms with E-state index in [1.807, 2.05) is 0 Å². The van der Waals surface area contributed by atoms with Crippen LogP contribution in [-0.4, -0.2) is 18.3 Å². The molecule has 0 radical (unpaired) electrons. The van der Waals surface area contributed by atoms with E-state index < -0.39 is 0 Å². The monoisotopic (exact) mass is 326 g/mol. The zero-order valence-corrected chi connectivity index (χ0v) is 15.3. The first-order chi connectivity index (χ1) is 11.4. The van der Waals surface area contributed by atoms with Gasteiger partial charge in [0.25, 0.3) is 0 Å². The highest BCUT2D eigenvalue weighted by atomic mass is 16.5. The van der Waals surface area contributed by atoms with Gasteiger partial charge in [-0.05, 0) is 96.3 Å². The van der Waals surface area contributed by atoms with Crippen LogP contribution in [-0.2, 0) is 6.42 Å². The SMILES string of the molecule is COc1ccc2c(c1)CC[C@@H]1[C@@H]2CC[C@]2(C)[C@@H](O)[C@]3(C)CC[C@]12C3. The van der Waals surface area contributed by atoms with Gasteiger partial charge in [0.15, 0.2) is 0 Å². The summed E-state index contributed by atoms with van der Waals surface area (Å²) in [6.07, 6.45) is 8.63. The summed E-state index contributed by atoms with van der Waals surface area (Å²) in [7, 11) is 1.76. The molecule has 0 saturated heterocycles. The predicted molar refractivity (Wildman–Crippen MR) is 95.3 cm³/mol. The van der Waals surface area contributed by atoms with E-state index in [9.17, 15) is 5.11 Å². The standard InChI is InChI=1S/C22H30O2/c1-20-10-11-22(13-20)18-7-4-14-12-15(24-3)5-6-16(14)17(18)8-9-21(22,2)19(20)23/h5-6,12,17-19,23H,4,7-11,13H2,1-3H3/t17-,18-,19+,20-,21-,22+/m1/s1. The molecule has 3 fully saturated rings. The van der Waals surface area contributed by atoms with Crippen molar-refractivity contribution in [3.63, 3.8) is 0 Å². The van der Waals surface area contributed by atoms with Crippen LogP contribution in [0.4, 0.5) is 0 Å². The molecule has 2 nitrogen and oxygen atoms in total. The molecule has 24 heavy (non-hydrogen) atoms. The van der Waals surface area contributed by atoms with Crippen molar-refractivity contribution in [2.24, 2.45) is 22.2 Å². The minimum absolute atomic E-state index is 0.100. The van der Waals surface area contributed by atoms with Crippen molar-refractivity contribution in [3.05, 3.63) is 29.3 Å². The van der Waals surface area contributed by atoms with Crippen molar-refractivity contribution in [2.75, 3.05) is 7.11 Å². The summed E-state index contributed by atoms with van der Waals surface area (Å²) in [5.74, 6) is 2.45. The Morgan fingerprint density at radius 3 is 2.75 bits per heavy atom. The second-order valence-corrected chi connectivity index (χ2v) is 9.66. The molecular formula is C22H30O2. The number of benzene rings is 1. The van der Waals surface area contributed by atoms with Crippen molar-refractivity contribution >= 4 is 0 Å². The Kier molecular flexibility index (Phi) is 2.91. The molecule has 1 aromatic carbocycles. The van der Waals surface area contributed by atoms with Gasteiger partial charge < -0.3 is 9.84 Å². The summed E-state index contributed by atoms with van der Waals surface area (Å²) in [6.45, 7) is 4.77. The molecule has 6 atom stereocenters. The van der Waals surface area contributed by atoms with Gasteiger partial charge in [-0.15, -0.1) is 0 Å². The van der Waals surface area contributed by atoms with E-state index in [0.29, 0.717) is 11.3 Å². The maximum atomic E-state index is 11.2. The Hall–Kier alpha value is -1.02. The Bertz CT molecular complexity index is 697. The molecule has 2 bridgehead atoms. The van der Waals surface area contributed by atoms with E-state index in [-0.39, 0.29) is 16.9 Å². The van der Waals surface area contributed by atoms with E-state index in [1.165, 1.54) is 50.5 Å². The third-order valence-corrected chi connectivity index (χ3v) is 8.91. The van der Waals surface area contributed by atoms with Gasteiger partial charge in [-0.2, -0.15) is 0 Å². The lowest BCUT2D eigenvalue weighted by atomic mass is 9.46. The van der Waals surface area contributed by atoms with Gasteiger partial charge >= 0.3 is 0 Å². The van der Waals surface area contributed by atoms with Crippen molar-refractivity contribution in [1.82, 2.24) is 0 Å². The quantitative estimate of drug-likeness (QED) is 0.811. The molecule has 1 N–H and O–H groups in total. The molecule has 0 unspecified atom stereocenters. The molecule has 4 aliphatic carbocycles. The zero-order valence-electron chi connectivity index (χ0n) is 15.3. The number of aryl methyl sites for hydroxylation is 1. The molecule has 0 aliphatic heterocycles. The molecule has 3 saturated carbocycles. The van der Waals surface area contributed by atoms with Crippen molar-refractivity contribution in [2.45, 2.75) is 70.8 Å². The van der Waals surface area contributed by atoms with Crippen molar-refractivity contribution < 1.29 is 9.84 Å². The average Bonchev–Trinajstić information content (AvgIpc) is 3.04. The smallest absolute Gasteiger partial charge is 0.119 e. The number of aliphatic hydroxyl groups excluding tert-OH is 1. The third kappa shape index (κ3) is 1.57. The fraction of sp³-hybridized carbons (Fsp3) is 0.727. The van der Waals surface area contributed by atoms with Crippen LogP contribution >= 0.6 is 0 Å². The van der Waals surface area contributed by atoms with Crippen LogP contribution < -0.4 is 4.74 Å². The number of hydrogen-bond acceptors (Lipinski definition) is 2. The van der Waals surface area contributed by atoms with Crippen LogP contribution in [0.25, 0.3) is 0 Å². The second-order valence-electron chi connectivity index (χ2n) is 9.66. The number of ether oxygens (including phenoxy) is 1. The Morgan fingerprint density at radius 2 is 1.96 bits per heavy atom. The number of rotatable bonds is 1. The minimum Gasteiger partial charge on any atom is -0.497 e. The molecule has 0 heterocycles. The lowest BCUT2D eigenvalue weighted by Crippen LogP contribution is -2.54. The summed E-state index contributed by atoms with van der Waals surface area (Å²) in [6, 6.07) is 6.75. The average molecular weight is 326 g/mol. The summed E-state index contributed by atoms with van der Waals surface area (Å²) < 4.78 is 5.44. The fourth-order valence-electron chi connectivity index (χ4n) is 7.78. The van der Waals surface area contributed by atoms with E-state index in [2.05, 4.69) is 32.0 Å². The number of hydrogen-bond donors (Lipinski definition) is 1. The van der Waals surface area contributed by atoms with Crippen molar-refractivity contribution in [3.8, 4) is 5.75 Å². The first kappa shape index (κ1) is 15.3. The van der Waals surface area contributed by atoms with Crippen LogP contribution in [0.15, 0.2) is 18.2 Å². The number of fused-ring (bicyclic) bond motifs is 4. The Morgan fingerprint density at radius 1 is 1.12 bits per heavy atom. The van der Waals surface area contributed by atoms with Gasteiger partial charge in [-0.1, -0.05) is 19.9 Å². The first-order valence-electron chi connectivity index (χ1n) is 9.78.